The molecule has 0 fully saturated rings. The van der Waals surface area contributed by atoms with E-state index in [0.717, 1.165) is 49.9 Å². The third-order valence-electron chi connectivity index (χ3n) is 5.86. The number of fused-ring (bicyclic) bond motifs is 2. The first-order valence-corrected chi connectivity index (χ1v) is 11.0. The smallest absolute Gasteiger partial charge is 0.263 e. The van der Waals surface area contributed by atoms with E-state index in [1.165, 1.54) is 0 Å². The molecule has 5 rings (SSSR count). The third kappa shape index (κ3) is 3.25. The number of benzene rings is 3. The molecule has 0 bridgehead atoms. The summed E-state index contributed by atoms with van der Waals surface area (Å²) in [5, 5.41) is 4.00. The molecule has 3 aromatic carbocycles. The maximum absolute atomic E-state index is 13.2. The summed E-state index contributed by atoms with van der Waals surface area (Å²) in [6, 6.07) is 13.9. The number of allylic oxidation sites excluding steroid dienone is 5. The number of nitrogens with zero attached hydrogens (tertiary/aromatic N) is 1. The number of pyridine rings is 1. The molecule has 0 aliphatic carbocycles. The minimum absolute atomic E-state index is 0.115. The second kappa shape index (κ2) is 8.44. The molecule has 3 heteroatoms. The zero-order valence-electron chi connectivity index (χ0n) is 19.4. The van der Waals surface area contributed by atoms with Crippen LogP contribution in [0.4, 0.5) is 0 Å². The largest absolute Gasteiger partial charge is 0.456 e. The number of ether oxygens (including phenoxy) is 1. The zero-order chi connectivity index (χ0) is 23.9. The summed E-state index contributed by atoms with van der Waals surface area (Å²) in [6.45, 7) is 21.7. The molecule has 3 nitrogen and oxygen atoms in total. The van der Waals surface area contributed by atoms with Crippen LogP contribution >= 0.6 is 0 Å². The Bertz CT molecular complexity index is 1570. The van der Waals surface area contributed by atoms with Crippen molar-refractivity contribution in [1.82, 2.24) is 4.57 Å². The Morgan fingerprint density at radius 3 is 2.30 bits per heavy atom. The fourth-order valence-corrected chi connectivity index (χ4v) is 4.50. The van der Waals surface area contributed by atoms with Gasteiger partial charge in [-0.1, -0.05) is 70.5 Å². The van der Waals surface area contributed by atoms with E-state index in [9.17, 15) is 4.79 Å². The van der Waals surface area contributed by atoms with Crippen molar-refractivity contribution in [2.24, 2.45) is 0 Å². The van der Waals surface area contributed by atoms with E-state index < -0.39 is 0 Å². The predicted octanol–water partition coefficient (Wildman–Crippen LogP) is 7.33. The third-order valence-corrected chi connectivity index (χ3v) is 5.86. The van der Waals surface area contributed by atoms with Crippen molar-refractivity contribution in [2.45, 2.75) is 20.8 Å². The molecule has 0 saturated heterocycles. The highest BCUT2D eigenvalue weighted by Crippen LogP contribution is 2.48. The Balaban J connectivity index is 0.00000126. The Kier molecular flexibility index (Phi) is 5.65. The first-order chi connectivity index (χ1) is 16.0. The summed E-state index contributed by atoms with van der Waals surface area (Å²) >= 11 is 0. The van der Waals surface area contributed by atoms with E-state index in [-0.39, 0.29) is 5.56 Å². The van der Waals surface area contributed by atoms with Gasteiger partial charge in [0.2, 0.25) is 0 Å². The molecule has 2 heterocycles. The van der Waals surface area contributed by atoms with Crippen molar-refractivity contribution < 1.29 is 4.74 Å². The molecule has 0 unspecified atom stereocenters. The molecule has 164 valence electrons. The summed E-state index contributed by atoms with van der Waals surface area (Å²) in [7, 11) is 0. The molecule has 0 saturated carbocycles. The first-order valence-electron chi connectivity index (χ1n) is 11.0. The Hall–Kier alpha value is -4.11. The fraction of sp³-hybridized carbons (Fsp3) is 0.100. The molecule has 0 spiro atoms. The molecule has 4 aromatic rings. The second-order valence-electron chi connectivity index (χ2n) is 7.72. The molecule has 1 aliphatic rings. The molecule has 1 aromatic heterocycles. The molecule has 1 aliphatic heterocycles. The van der Waals surface area contributed by atoms with E-state index in [4.69, 9.17) is 4.74 Å². The number of hydrogen-bond acceptors (Lipinski definition) is 2. The van der Waals surface area contributed by atoms with Gasteiger partial charge < -0.3 is 4.74 Å². The maximum atomic E-state index is 13.2. The van der Waals surface area contributed by atoms with Gasteiger partial charge in [0.1, 0.15) is 11.5 Å². The summed E-state index contributed by atoms with van der Waals surface area (Å²) in [6.07, 6.45) is 5.49. The molecule has 0 atom stereocenters. The topological polar surface area (TPSA) is 31.2 Å². The van der Waals surface area contributed by atoms with Crippen LogP contribution in [0.5, 0.6) is 11.5 Å². The zero-order valence-corrected chi connectivity index (χ0v) is 19.4. The van der Waals surface area contributed by atoms with Gasteiger partial charge in [-0.2, -0.15) is 0 Å². The van der Waals surface area contributed by atoms with Crippen molar-refractivity contribution >= 4 is 39.4 Å². The molecule has 33 heavy (non-hydrogen) atoms. The van der Waals surface area contributed by atoms with Gasteiger partial charge in [0.05, 0.1) is 0 Å². The summed E-state index contributed by atoms with van der Waals surface area (Å²) in [5.74, 6) is 1.52. The lowest BCUT2D eigenvalue weighted by Gasteiger charge is -2.24. The van der Waals surface area contributed by atoms with Gasteiger partial charge in [-0.15, -0.1) is 0 Å². The van der Waals surface area contributed by atoms with Crippen LogP contribution in [0.3, 0.4) is 0 Å². The average Bonchev–Trinajstić information content (AvgIpc) is 2.83. The van der Waals surface area contributed by atoms with Crippen LogP contribution in [0, 0.1) is 0 Å². The van der Waals surface area contributed by atoms with E-state index in [1.807, 2.05) is 69.3 Å². The molecule has 0 amide bonds. The highest BCUT2D eigenvalue weighted by molar-refractivity contribution is 6.18. The van der Waals surface area contributed by atoms with Gasteiger partial charge in [0.15, 0.2) is 0 Å². The number of hydrogen-bond donors (Lipinski definition) is 0. The van der Waals surface area contributed by atoms with Gasteiger partial charge >= 0.3 is 0 Å². The highest BCUT2D eigenvalue weighted by Gasteiger charge is 2.24. The predicted molar refractivity (Wildman–Crippen MR) is 143 cm³/mol. The van der Waals surface area contributed by atoms with Gasteiger partial charge in [0, 0.05) is 38.2 Å². The lowest BCUT2D eigenvalue weighted by Crippen LogP contribution is -2.31. The van der Waals surface area contributed by atoms with E-state index >= 15 is 0 Å². The quantitative estimate of drug-likeness (QED) is 0.278. The van der Waals surface area contributed by atoms with Crippen molar-refractivity contribution in [2.75, 3.05) is 0 Å². The number of rotatable bonds is 4. The molecule has 0 radical (unpaired) electrons. The van der Waals surface area contributed by atoms with Crippen LogP contribution in [-0.2, 0) is 0 Å². The summed E-state index contributed by atoms with van der Waals surface area (Å²) in [5.41, 5.74) is 4.54. The Morgan fingerprint density at radius 2 is 1.64 bits per heavy atom. The molecule has 0 N–H and O–H groups in total. The van der Waals surface area contributed by atoms with Gasteiger partial charge in [-0.3, -0.25) is 9.36 Å². The average molecular weight is 434 g/mol. The monoisotopic (exact) mass is 433 g/mol. The first kappa shape index (κ1) is 22.1. The highest BCUT2D eigenvalue weighted by atomic mass is 16.5. The van der Waals surface area contributed by atoms with Crippen LogP contribution in [0.1, 0.15) is 26.3 Å². The van der Waals surface area contributed by atoms with Crippen molar-refractivity contribution in [3.63, 3.8) is 0 Å². The Labute approximate surface area is 193 Å². The van der Waals surface area contributed by atoms with Crippen LogP contribution < -0.4 is 15.6 Å². The van der Waals surface area contributed by atoms with E-state index in [0.29, 0.717) is 16.4 Å². The van der Waals surface area contributed by atoms with Crippen LogP contribution in [-0.4, -0.2) is 4.57 Å². The summed E-state index contributed by atoms with van der Waals surface area (Å²) in [4.78, 5) is 13.2. The second-order valence-corrected chi connectivity index (χ2v) is 7.72. The van der Waals surface area contributed by atoms with Crippen LogP contribution in [0.2, 0.25) is 0 Å². The van der Waals surface area contributed by atoms with Crippen molar-refractivity contribution in [3.8, 4) is 22.6 Å². The SMILES string of the molecule is C=C/C=C(\C=C)c1ccc2c(c1)-c1ccc3c(=O)n(C(=C)C)c(=C)c4ccc(c1c43)O2.CC. The van der Waals surface area contributed by atoms with Gasteiger partial charge in [-0.25, -0.2) is 0 Å². The van der Waals surface area contributed by atoms with Gasteiger partial charge in [0.25, 0.3) is 5.56 Å². The standard InChI is InChI=1S/C28H21NO2.C2H6/c1-6-8-18(7-2)19-9-13-24-23(15-19)21-10-11-22-26-20(12-14-25(31-24)27(21)26)17(5)29(16(3)4)28(22)30;1-2/h6-15H,1-3,5H2,4H3;1-2H3/b18-8+;. The molecular formula is C30H27NO2. The van der Waals surface area contributed by atoms with Crippen LogP contribution in [0.15, 0.2) is 85.2 Å². The Morgan fingerprint density at radius 1 is 0.939 bits per heavy atom. The normalized spacial score (nSPS) is 11.9. The van der Waals surface area contributed by atoms with Gasteiger partial charge in [-0.05, 0) is 54.0 Å². The van der Waals surface area contributed by atoms with Crippen LogP contribution in [0.25, 0.3) is 50.5 Å². The maximum Gasteiger partial charge on any atom is 0.263 e. The lowest BCUT2D eigenvalue weighted by molar-refractivity contribution is 0.487. The fourth-order valence-electron chi connectivity index (χ4n) is 4.50. The van der Waals surface area contributed by atoms with E-state index in [1.54, 1.807) is 10.6 Å². The lowest BCUT2D eigenvalue weighted by atomic mass is 9.89. The molecular weight excluding hydrogens is 406 g/mol. The van der Waals surface area contributed by atoms with E-state index in [2.05, 4.69) is 32.4 Å². The summed E-state index contributed by atoms with van der Waals surface area (Å²) < 4.78 is 7.84. The van der Waals surface area contributed by atoms with Crippen molar-refractivity contribution in [1.29, 1.82) is 0 Å². The number of aromatic nitrogens is 1. The van der Waals surface area contributed by atoms with Crippen molar-refractivity contribution in [3.05, 3.63) is 102 Å². The minimum atomic E-state index is -0.115. The minimum Gasteiger partial charge on any atom is -0.456 e.